The number of hydrogen-bond acceptors (Lipinski definition) is 3. The molecule has 1 fully saturated rings. The van der Waals surface area contributed by atoms with Crippen molar-refractivity contribution in [2.45, 2.75) is 42.9 Å². The quantitative estimate of drug-likeness (QED) is 0.844. The van der Waals surface area contributed by atoms with E-state index in [-0.39, 0.29) is 24.3 Å². The summed E-state index contributed by atoms with van der Waals surface area (Å²) in [5.74, 6) is 0. The van der Waals surface area contributed by atoms with Crippen LogP contribution in [0.3, 0.4) is 0 Å². The summed E-state index contributed by atoms with van der Waals surface area (Å²) in [4.78, 5) is -0.110. The number of sulfonamides is 1. The van der Waals surface area contributed by atoms with Crippen molar-refractivity contribution in [3.8, 4) is 0 Å². The molecule has 0 saturated heterocycles. The zero-order valence-corrected chi connectivity index (χ0v) is 12.3. The van der Waals surface area contributed by atoms with Gasteiger partial charge in [0.25, 0.3) is 0 Å². The largest absolute Gasteiger partial charge is 0.407 e. The minimum absolute atomic E-state index is 0.110. The van der Waals surface area contributed by atoms with Gasteiger partial charge in [0.2, 0.25) is 10.0 Å². The van der Waals surface area contributed by atoms with Gasteiger partial charge in [-0.05, 0) is 31.0 Å². The zero-order chi connectivity index (χ0) is 15.7. The number of nitrogens with one attached hydrogen (secondary N) is 2. The summed E-state index contributed by atoms with van der Waals surface area (Å²) in [7, 11) is -4.21. The highest BCUT2D eigenvalue weighted by Gasteiger charge is 2.65. The fraction of sp³-hybridized carbons (Fsp3) is 0.538. The van der Waals surface area contributed by atoms with Crippen molar-refractivity contribution in [2.24, 2.45) is 0 Å². The van der Waals surface area contributed by atoms with Crippen molar-refractivity contribution in [3.63, 3.8) is 0 Å². The lowest BCUT2D eigenvalue weighted by atomic mass is 10.2. The highest BCUT2D eigenvalue weighted by molar-refractivity contribution is 7.89. The molecule has 0 aliphatic heterocycles. The van der Waals surface area contributed by atoms with Gasteiger partial charge in [-0.2, -0.15) is 17.9 Å². The number of benzene rings is 1. The van der Waals surface area contributed by atoms with E-state index in [1.807, 2.05) is 11.6 Å². The molecule has 1 aromatic rings. The van der Waals surface area contributed by atoms with Crippen LogP contribution in [-0.2, 0) is 16.6 Å². The molecule has 8 heteroatoms. The number of rotatable bonds is 6. The molecule has 0 aromatic heterocycles. The summed E-state index contributed by atoms with van der Waals surface area (Å²) in [6.45, 7) is 2.78. The van der Waals surface area contributed by atoms with E-state index in [1.165, 1.54) is 12.1 Å². The lowest BCUT2D eigenvalue weighted by Crippen LogP contribution is -2.47. The SMILES string of the molecule is CCNCc1ccccc1S(=O)(=O)NC1(C(F)(F)F)CC1. The predicted molar refractivity (Wildman–Crippen MR) is 72.2 cm³/mol. The summed E-state index contributed by atoms with van der Waals surface area (Å²) in [6, 6.07) is 6.06. The molecule has 1 saturated carbocycles. The van der Waals surface area contributed by atoms with E-state index in [0.29, 0.717) is 12.1 Å². The number of halogens is 3. The van der Waals surface area contributed by atoms with Gasteiger partial charge >= 0.3 is 6.18 Å². The predicted octanol–water partition coefficient (Wildman–Crippen LogP) is 2.17. The van der Waals surface area contributed by atoms with Gasteiger partial charge in [-0.1, -0.05) is 25.1 Å². The van der Waals surface area contributed by atoms with Crippen molar-refractivity contribution in [2.75, 3.05) is 6.54 Å². The van der Waals surface area contributed by atoms with Crippen LogP contribution in [0.2, 0.25) is 0 Å². The highest BCUT2D eigenvalue weighted by Crippen LogP contribution is 2.49. The monoisotopic (exact) mass is 322 g/mol. The van der Waals surface area contributed by atoms with Crippen molar-refractivity contribution in [1.82, 2.24) is 10.0 Å². The minimum atomic E-state index is -4.57. The normalized spacial score (nSPS) is 17.7. The second-order valence-electron chi connectivity index (χ2n) is 5.07. The minimum Gasteiger partial charge on any atom is -0.313 e. The van der Waals surface area contributed by atoms with Gasteiger partial charge in [-0.3, -0.25) is 0 Å². The summed E-state index contributed by atoms with van der Waals surface area (Å²) in [5, 5.41) is 2.97. The molecule has 118 valence electrons. The second-order valence-corrected chi connectivity index (χ2v) is 6.72. The standard InChI is InChI=1S/C13H17F3N2O2S/c1-2-17-9-10-5-3-4-6-11(10)21(19,20)18-12(7-8-12)13(14,15)16/h3-6,17-18H,2,7-9H2,1H3. The van der Waals surface area contributed by atoms with Crippen molar-refractivity contribution in [3.05, 3.63) is 29.8 Å². The smallest absolute Gasteiger partial charge is 0.313 e. The fourth-order valence-electron chi connectivity index (χ4n) is 2.05. The Hall–Kier alpha value is -1.12. The number of alkyl halides is 3. The van der Waals surface area contributed by atoms with Gasteiger partial charge < -0.3 is 5.32 Å². The third-order valence-electron chi connectivity index (χ3n) is 3.45. The van der Waals surface area contributed by atoms with Crippen molar-refractivity contribution >= 4 is 10.0 Å². The first-order valence-electron chi connectivity index (χ1n) is 6.61. The van der Waals surface area contributed by atoms with Crippen LogP contribution < -0.4 is 10.0 Å². The molecule has 0 bridgehead atoms. The first kappa shape index (κ1) is 16.3. The molecule has 1 aliphatic carbocycles. The Kier molecular flexibility index (Phi) is 4.32. The molecular weight excluding hydrogens is 305 g/mol. The molecule has 2 N–H and O–H groups in total. The van der Waals surface area contributed by atoms with Gasteiger partial charge in [0.1, 0.15) is 5.54 Å². The topological polar surface area (TPSA) is 58.2 Å². The van der Waals surface area contributed by atoms with Crippen LogP contribution in [0.5, 0.6) is 0 Å². The molecule has 0 heterocycles. The summed E-state index contributed by atoms with van der Waals surface area (Å²) >= 11 is 0. The van der Waals surface area contributed by atoms with Gasteiger partial charge in [0.15, 0.2) is 0 Å². The molecule has 0 amide bonds. The Balaban J connectivity index is 2.29. The van der Waals surface area contributed by atoms with Crippen LogP contribution in [0.4, 0.5) is 13.2 Å². The van der Waals surface area contributed by atoms with Crippen LogP contribution in [-0.4, -0.2) is 26.7 Å². The van der Waals surface area contributed by atoms with Crippen molar-refractivity contribution < 1.29 is 21.6 Å². The molecule has 1 aliphatic rings. The first-order chi connectivity index (χ1) is 9.72. The average Bonchev–Trinajstić information content (AvgIpc) is 3.16. The van der Waals surface area contributed by atoms with Crippen LogP contribution in [0, 0.1) is 0 Å². The third kappa shape index (κ3) is 3.38. The molecule has 2 rings (SSSR count). The van der Waals surface area contributed by atoms with Crippen molar-refractivity contribution in [1.29, 1.82) is 0 Å². The molecule has 0 radical (unpaired) electrons. The van der Waals surface area contributed by atoms with E-state index in [4.69, 9.17) is 0 Å². The molecule has 0 spiro atoms. The van der Waals surface area contributed by atoms with E-state index in [1.54, 1.807) is 12.1 Å². The Bertz CT molecular complexity index is 610. The van der Waals surface area contributed by atoms with Gasteiger partial charge in [0.05, 0.1) is 4.90 Å². The summed E-state index contributed by atoms with van der Waals surface area (Å²) < 4.78 is 65.1. The van der Waals surface area contributed by atoms with E-state index in [2.05, 4.69) is 5.32 Å². The van der Waals surface area contributed by atoms with Crippen LogP contribution in [0.1, 0.15) is 25.3 Å². The average molecular weight is 322 g/mol. The third-order valence-corrected chi connectivity index (χ3v) is 5.09. The maximum Gasteiger partial charge on any atom is 0.407 e. The zero-order valence-electron chi connectivity index (χ0n) is 11.5. The van der Waals surface area contributed by atoms with Gasteiger partial charge in [0, 0.05) is 6.54 Å². The molecular formula is C13H17F3N2O2S. The van der Waals surface area contributed by atoms with E-state index in [0.717, 1.165) is 0 Å². The Morgan fingerprint density at radius 2 is 1.86 bits per heavy atom. The lowest BCUT2D eigenvalue weighted by molar-refractivity contribution is -0.160. The van der Waals surface area contributed by atoms with Gasteiger partial charge in [-0.25, -0.2) is 8.42 Å². The van der Waals surface area contributed by atoms with Crippen LogP contribution >= 0.6 is 0 Å². The Morgan fingerprint density at radius 3 is 2.38 bits per heavy atom. The van der Waals surface area contributed by atoms with Gasteiger partial charge in [-0.15, -0.1) is 0 Å². The fourth-order valence-corrected chi connectivity index (χ4v) is 3.74. The molecule has 4 nitrogen and oxygen atoms in total. The molecule has 0 atom stereocenters. The molecule has 0 unspecified atom stereocenters. The first-order valence-corrected chi connectivity index (χ1v) is 8.09. The lowest BCUT2D eigenvalue weighted by Gasteiger charge is -2.21. The van der Waals surface area contributed by atoms with E-state index < -0.39 is 21.7 Å². The Morgan fingerprint density at radius 1 is 1.24 bits per heavy atom. The molecule has 21 heavy (non-hydrogen) atoms. The summed E-state index contributed by atoms with van der Waals surface area (Å²) in [6.07, 6.45) is -5.01. The number of hydrogen-bond donors (Lipinski definition) is 2. The maximum atomic E-state index is 12.9. The van der Waals surface area contributed by atoms with E-state index in [9.17, 15) is 21.6 Å². The Labute approximate surface area is 121 Å². The second kappa shape index (κ2) is 5.58. The van der Waals surface area contributed by atoms with Crippen LogP contribution in [0.25, 0.3) is 0 Å². The summed E-state index contributed by atoms with van der Waals surface area (Å²) in [5.41, 5.74) is -1.85. The molecule has 1 aromatic carbocycles. The maximum absolute atomic E-state index is 12.9. The highest BCUT2D eigenvalue weighted by atomic mass is 32.2. The van der Waals surface area contributed by atoms with E-state index >= 15 is 0 Å². The van der Waals surface area contributed by atoms with Crippen LogP contribution in [0.15, 0.2) is 29.2 Å².